The molecule has 1 amide bonds. The molecule has 4 N–H and O–H groups in total. The lowest BCUT2D eigenvalue weighted by atomic mass is 10.1. The van der Waals surface area contributed by atoms with Crippen molar-refractivity contribution in [2.24, 2.45) is 11.5 Å². The fraction of sp³-hybridized carbons (Fsp3) is 0.700. The van der Waals surface area contributed by atoms with Gasteiger partial charge in [0.1, 0.15) is 5.60 Å². The van der Waals surface area contributed by atoms with Gasteiger partial charge in [0.15, 0.2) is 0 Å². The second-order valence-corrected chi connectivity index (χ2v) is 4.48. The highest BCUT2D eigenvalue weighted by molar-refractivity contribution is 6.35. The maximum absolute atomic E-state index is 11.4. The van der Waals surface area contributed by atoms with Gasteiger partial charge < -0.3 is 16.2 Å². The molecule has 16 heavy (non-hydrogen) atoms. The minimum absolute atomic E-state index is 0.0320. The van der Waals surface area contributed by atoms with Gasteiger partial charge in [-0.2, -0.15) is 0 Å². The molecule has 0 saturated carbocycles. The van der Waals surface area contributed by atoms with E-state index in [1.807, 2.05) is 0 Å². The SMILES string of the molecule is CC(C)(C)OC(=O)C(=O)[C@@H](N)CCC(N)=O. The average Bonchev–Trinajstić information content (AvgIpc) is 2.10. The summed E-state index contributed by atoms with van der Waals surface area (Å²) in [4.78, 5) is 33.1. The summed E-state index contributed by atoms with van der Waals surface area (Å²) in [6.07, 6.45) is 0.0170. The van der Waals surface area contributed by atoms with Crippen LogP contribution in [0.15, 0.2) is 0 Å². The molecule has 1 atom stereocenters. The molecule has 0 aliphatic heterocycles. The average molecular weight is 230 g/mol. The first-order chi connectivity index (χ1) is 7.13. The molecule has 0 rings (SSSR count). The van der Waals surface area contributed by atoms with Crippen LogP contribution in [0.2, 0.25) is 0 Å². The van der Waals surface area contributed by atoms with Gasteiger partial charge in [0.25, 0.3) is 5.78 Å². The molecule has 0 fully saturated rings. The molecule has 0 aliphatic rings. The maximum Gasteiger partial charge on any atom is 0.376 e. The first-order valence-corrected chi connectivity index (χ1v) is 4.94. The van der Waals surface area contributed by atoms with Crippen LogP contribution in [0.1, 0.15) is 33.6 Å². The number of carbonyl (C=O) groups excluding carboxylic acids is 3. The fourth-order valence-corrected chi connectivity index (χ4v) is 0.909. The highest BCUT2D eigenvalue weighted by Crippen LogP contribution is 2.08. The molecule has 0 aromatic carbocycles. The third-order valence-corrected chi connectivity index (χ3v) is 1.64. The van der Waals surface area contributed by atoms with Crippen LogP contribution in [0, 0.1) is 0 Å². The van der Waals surface area contributed by atoms with Crippen LogP contribution in [0.3, 0.4) is 0 Å². The largest absolute Gasteiger partial charge is 0.454 e. The third-order valence-electron chi connectivity index (χ3n) is 1.64. The van der Waals surface area contributed by atoms with Crippen molar-refractivity contribution >= 4 is 17.7 Å². The summed E-state index contributed by atoms with van der Waals surface area (Å²) < 4.78 is 4.84. The first-order valence-electron chi connectivity index (χ1n) is 4.94. The number of rotatable bonds is 5. The summed E-state index contributed by atoms with van der Waals surface area (Å²) in [5, 5.41) is 0. The second-order valence-electron chi connectivity index (χ2n) is 4.48. The van der Waals surface area contributed by atoms with Crippen molar-refractivity contribution in [3.05, 3.63) is 0 Å². The van der Waals surface area contributed by atoms with Gasteiger partial charge in [-0.3, -0.25) is 9.59 Å². The van der Waals surface area contributed by atoms with Gasteiger partial charge in [-0.25, -0.2) is 4.79 Å². The Hall–Kier alpha value is -1.43. The van der Waals surface area contributed by atoms with Gasteiger partial charge in [0.2, 0.25) is 5.91 Å². The lowest BCUT2D eigenvalue weighted by Crippen LogP contribution is -2.40. The molecule has 0 aromatic rings. The standard InChI is InChI=1S/C10H18N2O4/c1-10(2,3)16-9(15)8(14)6(11)4-5-7(12)13/h6H,4-5,11H2,1-3H3,(H2,12,13)/t6-/m0/s1. The van der Waals surface area contributed by atoms with E-state index in [1.165, 1.54) is 0 Å². The molecule has 6 heteroatoms. The van der Waals surface area contributed by atoms with E-state index in [4.69, 9.17) is 16.2 Å². The van der Waals surface area contributed by atoms with Crippen LogP contribution in [-0.2, 0) is 19.1 Å². The molecule has 0 aliphatic carbocycles. The number of Topliss-reactive ketones (excluding diaryl/α,β-unsaturated/α-hetero) is 1. The van der Waals surface area contributed by atoms with Crippen molar-refractivity contribution in [3.63, 3.8) is 0 Å². The summed E-state index contributed by atoms with van der Waals surface area (Å²) in [6, 6.07) is -1.04. The molecule has 92 valence electrons. The molecule has 0 aromatic heterocycles. The van der Waals surface area contributed by atoms with Crippen LogP contribution in [0.4, 0.5) is 0 Å². The molecular formula is C10H18N2O4. The number of hydrogen-bond acceptors (Lipinski definition) is 5. The molecule has 0 spiro atoms. The predicted molar refractivity (Wildman–Crippen MR) is 57.3 cm³/mol. The van der Waals surface area contributed by atoms with E-state index in [-0.39, 0.29) is 12.8 Å². The van der Waals surface area contributed by atoms with Gasteiger partial charge in [0, 0.05) is 6.42 Å². The third kappa shape index (κ3) is 6.13. The molecule has 0 radical (unpaired) electrons. The van der Waals surface area contributed by atoms with Crippen molar-refractivity contribution < 1.29 is 19.1 Å². The maximum atomic E-state index is 11.4. The minimum atomic E-state index is -1.04. The van der Waals surface area contributed by atoms with Crippen LogP contribution < -0.4 is 11.5 Å². The van der Waals surface area contributed by atoms with E-state index in [1.54, 1.807) is 20.8 Å². The van der Waals surface area contributed by atoms with Crippen LogP contribution >= 0.6 is 0 Å². The van der Waals surface area contributed by atoms with Crippen molar-refractivity contribution in [2.45, 2.75) is 45.3 Å². The van der Waals surface area contributed by atoms with E-state index in [2.05, 4.69) is 0 Å². The van der Waals surface area contributed by atoms with Crippen molar-refractivity contribution in [2.75, 3.05) is 0 Å². The number of ketones is 1. The summed E-state index contributed by atoms with van der Waals surface area (Å²) >= 11 is 0. The van der Waals surface area contributed by atoms with Crippen LogP contribution in [0.5, 0.6) is 0 Å². The highest BCUT2D eigenvalue weighted by atomic mass is 16.6. The normalized spacial score (nSPS) is 13.0. The zero-order valence-corrected chi connectivity index (χ0v) is 9.78. The second kappa shape index (κ2) is 5.60. The van der Waals surface area contributed by atoms with E-state index >= 15 is 0 Å². The first kappa shape index (κ1) is 14.6. The highest BCUT2D eigenvalue weighted by Gasteiger charge is 2.27. The van der Waals surface area contributed by atoms with E-state index in [0.717, 1.165) is 0 Å². The Labute approximate surface area is 94.3 Å². The Morgan fingerprint density at radius 1 is 1.25 bits per heavy atom. The Balaban J connectivity index is 4.23. The monoisotopic (exact) mass is 230 g/mol. The van der Waals surface area contributed by atoms with E-state index in [0.29, 0.717) is 0 Å². The Morgan fingerprint density at radius 2 is 1.75 bits per heavy atom. The number of amides is 1. The topological polar surface area (TPSA) is 112 Å². The van der Waals surface area contributed by atoms with Gasteiger partial charge >= 0.3 is 5.97 Å². The number of primary amides is 1. The Bertz CT molecular complexity index is 294. The van der Waals surface area contributed by atoms with Gasteiger partial charge in [0.05, 0.1) is 6.04 Å². The quantitative estimate of drug-likeness (QED) is 0.488. The summed E-state index contributed by atoms with van der Waals surface area (Å²) in [5.41, 5.74) is 9.58. The molecule has 0 bridgehead atoms. The van der Waals surface area contributed by atoms with Crippen molar-refractivity contribution in [1.82, 2.24) is 0 Å². The molecular weight excluding hydrogens is 212 g/mol. The molecule has 0 unspecified atom stereocenters. The number of carbonyl (C=O) groups is 3. The molecule has 6 nitrogen and oxygen atoms in total. The van der Waals surface area contributed by atoms with Crippen molar-refractivity contribution in [1.29, 1.82) is 0 Å². The molecule has 0 heterocycles. The summed E-state index contributed by atoms with van der Waals surface area (Å²) in [6.45, 7) is 4.94. The van der Waals surface area contributed by atoms with E-state index < -0.39 is 29.3 Å². The lowest BCUT2D eigenvalue weighted by Gasteiger charge is -2.19. The summed E-state index contributed by atoms with van der Waals surface area (Å²) in [5.74, 6) is -2.38. The lowest BCUT2D eigenvalue weighted by molar-refractivity contribution is -0.163. The summed E-state index contributed by atoms with van der Waals surface area (Å²) in [7, 11) is 0. The fourth-order valence-electron chi connectivity index (χ4n) is 0.909. The Kier molecular flexibility index (Phi) is 5.10. The van der Waals surface area contributed by atoms with Gasteiger partial charge in [-0.05, 0) is 27.2 Å². The predicted octanol–water partition coefficient (Wildman–Crippen LogP) is -0.510. The Morgan fingerprint density at radius 3 is 2.12 bits per heavy atom. The number of nitrogens with two attached hydrogens (primary N) is 2. The van der Waals surface area contributed by atoms with Gasteiger partial charge in [-0.15, -0.1) is 0 Å². The minimum Gasteiger partial charge on any atom is -0.454 e. The molecule has 0 saturated heterocycles. The van der Waals surface area contributed by atoms with Crippen molar-refractivity contribution in [3.8, 4) is 0 Å². The number of esters is 1. The zero-order chi connectivity index (χ0) is 12.9. The smallest absolute Gasteiger partial charge is 0.376 e. The number of hydrogen-bond donors (Lipinski definition) is 2. The van der Waals surface area contributed by atoms with Crippen LogP contribution in [-0.4, -0.2) is 29.3 Å². The number of ether oxygens (including phenoxy) is 1. The van der Waals surface area contributed by atoms with E-state index in [9.17, 15) is 14.4 Å². The van der Waals surface area contributed by atoms with Crippen LogP contribution in [0.25, 0.3) is 0 Å². The zero-order valence-electron chi connectivity index (χ0n) is 9.78. The van der Waals surface area contributed by atoms with Gasteiger partial charge in [-0.1, -0.05) is 0 Å².